The van der Waals surface area contributed by atoms with Crippen LogP contribution in [0.4, 0.5) is 17.1 Å². The molecule has 1 unspecified atom stereocenters. The van der Waals surface area contributed by atoms with E-state index in [0.29, 0.717) is 0 Å². The first-order chi connectivity index (χ1) is 24.2. The summed E-state index contributed by atoms with van der Waals surface area (Å²) in [5.41, 5.74) is 7.00. The van der Waals surface area contributed by atoms with Crippen LogP contribution in [-0.2, 0) is 10.8 Å². The van der Waals surface area contributed by atoms with Crippen molar-refractivity contribution in [1.29, 1.82) is 0 Å². The monoisotopic (exact) mass is 647 g/mol. The van der Waals surface area contributed by atoms with Gasteiger partial charge in [0.05, 0.1) is 37.9 Å². The maximum absolute atomic E-state index is 13.3. The van der Waals surface area contributed by atoms with Crippen molar-refractivity contribution in [1.82, 2.24) is 9.38 Å². The van der Waals surface area contributed by atoms with E-state index in [1.807, 2.05) is 24.3 Å². The summed E-state index contributed by atoms with van der Waals surface area (Å²) in [7, 11) is -1.21. The average molecular weight is 648 g/mol. The molecule has 4 nitrogen and oxygen atoms in total. The molecule has 2 aromatic heterocycles. The molecule has 0 amide bonds. The number of hydrogen-bond donors (Lipinski definition) is 0. The van der Waals surface area contributed by atoms with E-state index in [-0.39, 0.29) is 0 Å². The Balaban J connectivity index is 1.30. The van der Waals surface area contributed by atoms with Gasteiger partial charge in [-0.25, -0.2) is 4.98 Å². The molecule has 0 aliphatic rings. The number of anilines is 3. The second-order valence-electron chi connectivity index (χ2n) is 12.6. The van der Waals surface area contributed by atoms with Gasteiger partial charge in [-0.05, 0) is 98.4 Å². The molecule has 2 heterocycles. The molecule has 0 aliphatic heterocycles. The lowest BCUT2D eigenvalue weighted by Crippen LogP contribution is -2.12. The van der Waals surface area contributed by atoms with E-state index in [2.05, 4.69) is 143 Å². The van der Waals surface area contributed by atoms with E-state index in [0.717, 1.165) is 60.3 Å². The van der Waals surface area contributed by atoms with E-state index in [1.54, 1.807) is 6.26 Å². The molecule has 0 bridgehead atoms. The zero-order valence-corrected chi connectivity index (χ0v) is 27.5. The van der Waals surface area contributed by atoms with Crippen molar-refractivity contribution in [3.05, 3.63) is 158 Å². The molecule has 1 atom stereocenters. The van der Waals surface area contributed by atoms with Crippen LogP contribution in [0.2, 0.25) is 0 Å². The minimum atomic E-state index is -1.21. The minimum Gasteiger partial charge on any atom is -0.309 e. The Morgan fingerprint density at radius 2 is 0.980 bits per heavy atom. The summed E-state index contributed by atoms with van der Waals surface area (Å²) in [4.78, 5) is 8.17. The molecule has 0 spiro atoms. The fourth-order valence-electron chi connectivity index (χ4n) is 7.78. The van der Waals surface area contributed by atoms with E-state index in [1.165, 1.54) is 32.3 Å². The zero-order chi connectivity index (χ0) is 32.6. The van der Waals surface area contributed by atoms with Gasteiger partial charge in [-0.15, -0.1) is 0 Å². The number of nitrogens with zero attached hydrogens (tertiary/aromatic N) is 3. The number of imidazole rings is 1. The van der Waals surface area contributed by atoms with Crippen molar-refractivity contribution in [2.45, 2.75) is 4.90 Å². The number of benzene rings is 8. The highest BCUT2D eigenvalue weighted by molar-refractivity contribution is 7.84. The smallest absolute Gasteiger partial charge is 0.146 e. The molecule has 0 saturated heterocycles. The maximum atomic E-state index is 13.3. The third-order valence-electron chi connectivity index (χ3n) is 9.90. The van der Waals surface area contributed by atoms with Crippen molar-refractivity contribution in [2.75, 3.05) is 11.2 Å². The van der Waals surface area contributed by atoms with Crippen LogP contribution in [-0.4, -0.2) is 19.8 Å². The molecule has 0 saturated carbocycles. The average Bonchev–Trinajstić information content (AvgIpc) is 3.55. The summed E-state index contributed by atoms with van der Waals surface area (Å²) in [5.74, 6) is 0. The second kappa shape index (κ2) is 10.7. The van der Waals surface area contributed by atoms with Gasteiger partial charge in [-0.1, -0.05) is 97.1 Å². The van der Waals surface area contributed by atoms with Crippen molar-refractivity contribution < 1.29 is 4.21 Å². The lowest BCUT2D eigenvalue weighted by atomic mass is 9.94. The highest BCUT2D eigenvalue weighted by atomic mass is 32.2. The van der Waals surface area contributed by atoms with E-state index < -0.39 is 10.8 Å². The number of para-hydroxylation sites is 4. The number of pyridine rings is 1. The highest BCUT2D eigenvalue weighted by Gasteiger charge is 2.21. The van der Waals surface area contributed by atoms with Crippen molar-refractivity contribution in [3.63, 3.8) is 0 Å². The molecule has 232 valence electrons. The molecule has 8 aromatic carbocycles. The Kier molecular flexibility index (Phi) is 6.14. The third kappa shape index (κ3) is 4.16. The van der Waals surface area contributed by atoms with Crippen LogP contribution in [0, 0.1) is 0 Å². The maximum Gasteiger partial charge on any atom is 0.146 e. The minimum absolute atomic E-state index is 0.783. The molecule has 49 heavy (non-hydrogen) atoms. The topological polar surface area (TPSA) is 37.6 Å². The predicted molar refractivity (Wildman–Crippen MR) is 207 cm³/mol. The fraction of sp³-hybridized carbons (Fsp3) is 0.0227. The Hall–Kier alpha value is -6.04. The predicted octanol–water partition coefficient (Wildman–Crippen LogP) is 11.5. The summed E-state index contributed by atoms with van der Waals surface area (Å²) >= 11 is 0. The fourth-order valence-corrected chi connectivity index (χ4v) is 8.51. The van der Waals surface area contributed by atoms with Crippen LogP contribution in [0.1, 0.15) is 0 Å². The largest absolute Gasteiger partial charge is 0.309 e. The summed E-state index contributed by atoms with van der Waals surface area (Å²) in [6.45, 7) is 0. The molecule has 0 N–H and O–H groups in total. The van der Waals surface area contributed by atoms with E-state index >= 15 is 0 Å². The van der Waals surface area contributed by atoms with Crippen LogP contribution in [0.25, 0.3) is 70.7 Å². The number of aromatic nitrogens is 2. The van der Waals surface area contributed by atoms with Gasteiger partial charge in [-0.2, -0.15) is 0 Å². The number of rotatable bonds is 4. The summed E-state index contributed by atoms with van der Waals surface area (Å²) in [5, 5.41) is 10.7. The quantitative estimate of drug-likeness (QED) is 0.178. The van der Waals surface area contributed by atoms with E-state index in [4.69, 9.17) is 4.98 Å². The Bertz CT molecular complexity index is 2960. The van der Waals surface area contributed by atoms with Gasteiger partial charge >= 0.3 is 0 Å². The van der Waals surface area contributed by atoms with Crippen LogP contribution >= 0.6 is 0 Å². The molecule has 0 aliphatic carbocycles. The van der Waals surface area contributed by atoms with Gasteiger partial charge in [-0.3, -0.25) is 8.61 Å². The van der Waals surface area contributed by atoms with Crippen LogP contribution < -0.4 is 4.90 Å². The third-order valence-corrected chi connectivity index (χ3v) is 10.9. The van der Waals surface area contributed by atoms with Crippen molar-refractivity contribution >= 4 is 98.5 Å². The van der Waals surface area contributed by atoms with Crippen LogP contribution in [0.5, 0.6) is 0 Å². The lowest BCUT2D eigenvalue weighted by molar-refractivity contribution is 0.687. The van der Waals surface area contributed by atoms with E-state index in [9.17, 15) is 4.21 Å². The van der Waals surface area contributed by atoms with Gasteiger partial charge < -0.3 is 4.90 Å². The van der Waals surface area contributed by atoms with Gasteiger partial charge in [0.25, 0.3) is 0 Å². The number of fused-ring (bicyclic) bond motifs is 14. The van der Waals surface area contributed by atoms with Crippen LogP contribution in [0.3, 0.4) is 0 Å². The van der Waals surface area contributed by atoms with Gasteiger partial charge in [0.1, 0.15) is 5.65 Å². The van der Waals surface area contributed by atoms with Gasteiger partial charge in [0.15, 0.2) is 0 Å². The highest BCUT2D eigenvalue weighted by Crippen LogP contribution is 2.44. The first-order valence-electron chi connectivity index (χ1n) is 16.4. The summed E-state index contributed by atoms with van der Waals surface area (Å²) in [6.07, 6.45) is 1.75. The molecule has 10 aromatic rings. The number of hydrogen-bond acceptors (Lipinski definition) is 3. The van der Waals surface area contributed by atoms with Gasteiger partial charge in [0.2, 0.25) is 0 Å². The van der Waals surface area contributed by atoms with Crippen molar-refractivity contribution in [2.24, 2.45) is 0 Å². The Morgan fingerprint density at radius 1 is 0.490 bits per heavy atom. The first-order valence-corrected chi connectivity index (χ1v) is 18.0. The Morgan fingerprint density at radius 3 is 1.65 bits per heavy atom. The summed E-state index contributed by atoms with van der Waals surface area (Å²) in [6, 6.07) is 55.6. The molecular weight excluding hydrogens is 619 g/mol. The molecular formula is C44H29N3OS. The SMILES string of the molecule is CS(=O)c1ccccc1N(c1ccc2c3ccccc3c3ccccc3c2c1)c1ccc2c(c1)c1ccccc1n1c3ccccc3nc21. The van der Waals surface area contributed by atoms with Crippen LogP contribution in [0.15, 0.2) is 163 Å². The summed E-state index contributed by atoms with van der Waals surface area (Å²) < 4.78 is 15.5. The zero-order valence-electron chi connectivity index (χ0n) is 26.7. The van der Waals surface area contributed by atoms with Crippen molar-refractivity contribution in [3.8, 4) is 0 Å². The second-order valence-corrected chi connectivity index (χ2v) is 13.9. The first kappa shape index (κ1) is 28.0. The van der Waals surface area contributed by atoms with Gasteiger partial charge in [0, 0.05) is 28.4 Å². The Labute approximate surface area is 284 Å². The normalized spacial score (nSPS) is 12.6. The lowest BCUT2D eigenvalue weighted by Gasteiger charge is -2.28. The molecule has 0 fully saturated rings. The molecule has 5 heteroatoms. The molecule has 10 rings (SSSR count). The molecule has 0 radical (unpaired) electrons. The standard InChI is InChI=1S/C44H29N3OS/c1-49(48)43-21-11-10-20-42(43)46(28-22-24-34-32-14-3-2-12-30(32)31-13-4-5-15-33(31)37(34)26-28)29-23-25-36-38(27-29)35-16-6-8-18-40(35)47-41-19-9-7-17-39(41)45-44(36)47/h2-27H,1H3.